The molecule has 1 atom stereocenters. The monoisotopic (exact) mass is 436 g/mol. The van der Waals surface area contributed by atoms with Gasteiger partial charge < -0.3 is 29.6 Å². The molecule has 1 aromatic heterocycles. The molecule has 4 rings (SSSR count). The molecule has 0 amide bonds. The fourth-order valence-electron chi connectivity index (χ4n) is 3.89. The van der Waals surface area contributed by atoms with Crippen LogP contribution in [0.1, 0.15) is 44.4 Å². The Balaban J connectivity index is 2.08. The molecule has 1 unspecified atom stereocenters. The van der Waals surface area contributed by atoms with Gasteiger partial charge >= 0.3 is 0 Å². The highest BCUT2D eigenvalue weighted by atomic mass is 16.5. The number of phenols is 3. The zero-order valence-electron chi connectivity index (χ0n) is 18.0. The van der Waals surface area contributed by atoms with Crippen LogP contribution in [0.25, 0.3) is 28.2 Å². The summed E-state index contributed by atoms with van der Waals surface area (Å²) in [6.07, 6.45) is 3.65. The smallest absolute Gasteiger partial charge is 0.204 e. The maximum atomic E-state index is 13.4. The predicted molar refractivity (Wildman–Crippen MR) is 121 cm³/mol. The molecule has 0 saturated carbocycles. The summed E-state index contributed by atoms with van der Waals surface area (Å²) in [7, 11) is 0. The maximum absolute atomic E-state index is 13.4. The summed E-state index contributed by atoms with van der Waals surface area (Å²) in [5.41, 5.74) is 0.0229. The molecule has 7 heteroatoms. The van der Waals surface area contributed by atoms with Crippen molar-refractivity contribution in [1.29, 1.82) is 0 Å². The van der Waals surface area contributed by atoms with E-state index < -0.39 is 17.1 Å². The maximum Gasteiger partial charge on any atom is 0.204 e. The van der Waals surface area contributed by atoms with Gasteiger partial charge in [-0.1, -0.05) is 5.57 Å². The van der Waals surface area contributed by atoms with Gasteiger partial charge in [-0.2, -0.15) is 0 Å². The molecule has 0 bridgehead atoms. The van der Waals surface area contributed by atoms with E-state index >= 15 is 0 Å². The molecule has 4 N–H and O–H groups in total. The lowest BCUT2D eigenvalue weighted by molar-refractivity contribution is 0.137. The van der Waals surface area contributed by atoms with Gasteiger partial charge in [-0.3, -0.25) is 4.79 Å². The van der Waals surface area contributed by atoms with Crippen molar-refractivity contribution in [2.45, 2.75) is 38.9 Å². The minimum atomic E-state index is -1.09. The van der Waals surface area contributed by atoms with Crippen LogP contribution in [0.15, 0.2) is 51.9 Å². The minimum absolute atomic E-state index is 0.00637. The van der Waals surface area contributed by atoms with Crippen LogP contribution >= 0.6 is 0 Å². The Morgan fingerprint density at radius 1 is 1.19 bits per heavy atom. The standard InChI is InChI=1S/C25H24O7/c1-12(2)9-18(28)19-23-15(7-8-25(3,4)32-23)21(29)20-22(30)16(11-31-24(19)20)14-6-5-13(26)10-17(14)27/h5-8,10-11,18,26-29H,1,9H2,2-4H3. The summed E-state index contributed by atoms with van der Waals surface area (Å²) >= 11 is 0. The number of rotatable bonds is 4. The summed E-state index contributed by atoms with van der Waals surface area (Å²) in [5.74, 6) is -0.591. The van der Waals surface area contributed by atoms with Crippen molar-refractivity contribution in [1.82, 2.24) is 0 Å². The van der Waals surface area contributed by atoms with Crippen molar-refractivity contribution >= 4 is 17.0 Å². The Bertz CT molecular complexity index is 1340. The van der Waals surface area contributed by atoms with Crippen molar-refractivity contribution in [3.63, 3.8) is 0 Å². The van der Waals surface area contributed by atoms with Gasteiger partial charge in [0.05, 0.1) is 22.8 Å². The number of benzene rings is 2. The van der Waals surface area contributed by atoms with Crippen molar-refractivity contribution in [2.24, 2.45) is 0 Å². The Labute approximate surface area is 184 Å². The number of ether oxygens (including phenoxy) is 1. The van der Waals surface area contributed by atoms with Crippen LogP contribution in [0.2, 0.25) is 0 Å². The molecular formula is C25H24O7. The molecule has 166 valence electrons. The molecule has 3 aromatic rings. The van der Waals surface area contributed by atoms with Gasteiger partial charge in [0.2, 0.25) is 5.43 Å². The van der Waals surface area contributed by atoms with Crippen LogP contribution in [0.3, 0.4) is 0 Å². The first kappa shape index (κ1) is 21.5. The first-order chi connectivity index (χ1) is 15.0. The van der Waals surface area contributed by atoms with E-state index in [0.29, 0.717) is 5.57 Å². The molecule has 2 heterocycles. The normalized spacial score (nSPS) is 15.2. The van der Waals surface area contributed by atoms with Crippen molar-refractivity contribution in [3.8, 4) is 34.1 Å². The van der Waals surface area contributed by atoms with Crippen LogP contribution in [-0.2, 0) is 0 Å². The molecule has 32 heavy (non-hydrogen) atoms. The number of fused-ring (bicyclic) bond motifs is 2. The van der Waals surface area contributed by atoms with E-state index in [2.05, 4.69) is 6.58 Å². The van der Waals surface area contributed by atoms with Gasteiger partial charge in [-0.25, -0.2) is 0 Å². The lowest BCUT2D eigenvalue weighted by atomic mass is 9.91. The Morgan fingerprint density at radius 2 is 1.91 bits per heavy atom. The molecule has 0 spiro atoms. The highest BCUT2D eigenvalue weighted by molar-refractivity contribution is 5.96. The SMILES string of the molecule is C=C(C)CC(O)c1c2c(c(O)c3c(=O)c(-c4ccc(O)cc4O)coc13)C=CC(C)(C)O2. The first-order valence-corrected chi connectivity index (χ1v) is 10.1. The number of hydrogen-bond donors (Lipinski definition) is 4. The molecular weight excluding hydrogens is 412 g/mol. The summed E-state index contributed by atoms with van der Waals surface area (Å²) in [5, 5.41) is 41.6. The van der Waals surface area contributed by atoms with E-state index in [-0.39, 0.29) is 62.6 Å². The second-order valence-electron chi connectivity index (χ2n) is 8.61. The van der Waals surface area contributed by atoms with Crippen molar-refractivity contribution < 1.29 is 29.6 Å². The van der Waals surface area contributed by atoms with Crippen LogP contribution in [0.4, 0.5) is 0 Å². The molecule has 0 fully saturated rings. The fourth-order valence-corrected chi connectivity index (χ4v) is 3.89. The van der Waals surface area contributed by atoms with Gasteiger partial charge in [0.1, 0.15) is 40.2 Å². The minimum Gasteiger partial charge on any atom is -0.508 e. The predicted octanol–water partition coefficient (Wildman–Crippen LogP) is 4.76. The van der Waals surface area contributed by atoms with Gasteiger partial charge in [-0.15, -0.1) is 6.58 Å². The second kappa shape index (κ2) is 7.46. The number of aromatic hydroxyl groups is 3. The molecule has 7 nitrogen and oxygen atoms in total. The molecule has 0 saturated heterocycles. The number of aliphatic hydroxyl groups is 1. The molecule has 0 aliphatic carbocycles. The third-order valence-electron chi connectivity index (χ3n) is 5.38. The van der Waals surface area contributed by atoms with Gasteiger partial charge in [0.25, 0.3) is 0 Å². The zero-order chi connectivity index (χ0) is 23.4. The zero-order valence-corrected chi connectivity index (χ0v) is 18.0. The fraction of sp³-hybridized carbons (Fsp3) is 0.240. The quantitative estimate of drug-likeness (QED) is 0.435. The lowest BCUT2D eigenvalue weighted by Gasteiger charge is -2.31. The van der Waals surface area contributed by atoms with Crippen LogP contribution in [0.5, 0.6) is 23.0 Å². The average molecular weight is 436 g/mol. The van der Waals surface area contributed by atoms with Gasteiger partial charge in [0.15, 0.2) is 5.58 Å². The Hall–Kier alpha value is -3.71. The van der Waals surface area contributed by atoms with Crippen LogP contribution in [-0.4, -0.2) is 26.0 Å². The summed E-state index contributed by atoms with van der Waals surface area (Å²) < 4.78 is 11.8. The number of hydrogen-bond acceptors (Lipinski definition) is 7. The van der Waals surface area contributed by atoms with Crippen LogP contribution < -0.4 is 10.2 Å². The molecule has 1 aliphatic rings. The van der Waals surface area contributed by atoms with E-state index in [1.807, 2.05) is 13.8 Å². The first-order valence-electron chi connectivity index (χ1n) is 10.1. The summed E-state index contributed by atoms with van der Waals surface area (Å²) in [4.78, 5) is 13.4. The highest BCUT2D eigenvalue weighted by Crippen LogP contribution is 2.48. The van der Waals surface area contributed by atoms with Gasteiger partial charge in [-0.05, 0) is 51.5 Å². The van der Waals surface area contributed by atoms with E-state index in [0.717, 1.165) is 12.3 Å². The third kappa shape index (κ3) is 3.50. The Kier molecular flexibility index (Phi) is 5.02. The number of phenolic OH excluding ortho intramolecular Hbond substituents is 3. The van der Waals surface area contributed by atoms with E-state index in [1.54, 1.807) is 19.1 Å². The molecule has 2 aromatic carbocycles. The van der Waals surface area contributed by atoms with Crippen LogP contribution in [0, 0.1) is 0 Å². The van der Waals surface area contributed by atoms with Crippen molar-refractivity contribution in [3.05, 3.63) is 64.0 Å². The van der Waals surface area contributed by atoms with E-state index in [9.17, 15) is 25.2 Å². The third-order valence-corrected chi connectivity index (χ3v) is 5.38. The van der Waals surface area contributed by atoms with E-state index in [1.165, 1.54) is 12.1 Å². The highest BCUT2D eigenvalue weighted by Gasteiger charge is 2.33. The second-order valence-corrected chi connectivity index (χ2v) is 8.61. The van der Waals surface area contributed by atoms with Gasteiger partial charge in [0, 0.05) is 11.6 Å². The van der Waals surface area contributed by atoms with Crippen molar-refractivity contribution in [2.75, 3.05) is 0 Å². The van der Waals surface area contributed by atoms with E-state index in [4.69, 9.17) is 9.15 Å². The molecule has 0 radical (unpaired) electrons. The summed E-state index contributed by atoms with van der Waals surface area (Å²) in [6, 6.07) is 3.80. The lowest BCUT2D eigenvalue weighted by Crippen LogP contribution is -2.29. The molecule has 1 aliphatic heterocycles. The summed E-state index contributed by atoms with van der Waals surface area (Å²) in [6.45, 7) is 9.27. The largest absolute Gasteiger partial charge is 0.508 e. The number of aliphatic hydroxyl groups excluding tert-OH is 1. The Morgan fingerprint density at radius 3 is 2.56 bits per heavy atom. The topological polar surface area (TPSA) is 120 Å². The average Bonchev–Trinajstić information content (AvgIpc) is 2.67.